The molecule has 1 aliphatic rings. The number of terminal acetylenes is 1. The first-order valence-electron chi connectivity index (χ1n) is 7.63. The molecule has 0 N–H and O–H groups in total. The van der Waals surface area contributed by atoms with E-state index in [1.807, 2.05) is 0 Å². The maximum atomic E-state index is 12.4. The molecule has 2 nitrogen and oxygen atoms in total. The summed E-state index contributed by atoms with van der Waals surface area (Å²) in [4.78, 5) is 0. The zero-order chi connectivity index (χ0) is 18.0. The highest BCUT2D eigenvalue weighted by molar-refractivity contribution is 6.31. The Morgan fingerprint density at radius 3 is 2.44 bits per heavy atom. The van der Waals surface area contributed by atoms with Gasteiger partial charge < -0.3 is 9.47 Å². The fraction of sp³-hybridized carbons (Fsp3) is 0.263. The fourth-order valence-electron chi connectivity index (χ4n) is 2.56. The Bertz CT molecular complexity index is 820. The van der Waals surface area contributed by atoms with Gasteiger partial charge in [0.25, 0.3) is 0 Å². The summed E-state index contributed by atoms with van der Waals surface area (Å²) in [5.41, 5.74) is 2.20. The molecule has 6 heteroatoms. The number of halogens is 4. The first-order chi connectivity index (χ1) is 11.9. The van der Waals surface area contributed by atoms with Crippen molar-refractivity contribution in [3.8, 4) is 23.8 Å². The van der Waals surface area contributed by atoms with Crippen molar-refractivity contribution >= 4 is 11.6 Å². The van der Waals surface area contributed by atoms with Gasteiger partial charge in [-0.15, -0.1) is 19.6 Å². The highest BCUT2D eigenvalue weighted by Gasteiger charge is 2.32. The van der Waals surface area contributed by atoms with Gasteiger partial charge in [-0.1, -0.05) is 23.6 Å². The van der Waals surface area contributed by atoms with Crippen LogP contribution in [0.2, 0.25) is 5.02 Å². The standard InChI is InChI=1S/C19H14ClF3O2/c1-2-12-5-6-15(10-18(12)20)24-11-14-9-16(25-19(21,22)23)7-8-17(14)13-3-4-13/h1,5-10,13H,3-4,11H2. The summed E-state index contributed by atoms with van der Waals surface area (Å²) >= 11 is 6.03. The summed E-state index contributed by atoms with van der Waals surface area (Å²) in [5.74, 6) is 3.05. The van der Waals surface area contributed by atoms with E-state index in [0.29, 0.717) is 27.8 Å². The smallest absolute Gasteiger partial charge is 0.489 e. The third kappa shape index (κ3) is 4.61. The molecule has 2 aromatic rings. The van der Waals surface area contributed by atoms with Crippen molar-refractivity contribution in [3.63, 3.8) is 0 Å². The minimum Gasteiger partial charge on any atom is -0.489 e. The van der Waals surface area contributed by atoms with Gasteiger partial charge in [0.15, 0.2) is 0 Å². The second kappa shape index (κ2) is 6.89. The zero-order valence-corrected chi connectivity index (χ0v) is 13.8. The molecule has 0 saturated heterocycles. The Labute approximate surface area is 148 Å². The Morgan fingerprint density at radius 2 is 1.84 bits per heavy atom. The minimum atomic E-state index is -4.72. The Balaban J connectivity index is 1.79. The Kier molecular flexibility index (Phi) is 4.82. The predicted molar refractivity (Wildman–Crippen MR) is 88.8 cm³/mol. The fourth-order valence-corrected chi connectivity index (χ4v) is 2.79. The van der Waals surface area contributed by atoms with Crippen LogP contribution in [0.25, 0.3) is 0 Å². The third-order valence-electron chi connectivity index (χ3n) is 3.86. The van der Waals surface area contributed by atoms with Crippen LogP contribution in [0.4, 0.5) is 13.2 Å². The molecule has 0 heterocycles. The number of hydrogen-bond donors (Lipinski definition) is 0. The summed E-state index contributed by atoms with van der Waals surface area (Å²) in [5, 5.41) is 0.386. The molecule has 0 radical (unpaired) electrons. The topological polar surface area (TPSA) is 18.5 Å². The molecule has 0 atom stereocenters. The lowest BCUT2D eigenvalue weighted by molar-refractivity contribution is -0.274. The highest BCUT2D eigenvalue weighted by Crippen LogP contribution is 2.43. The van der Waals surface area contributed by atoms with Crippen molar-refractivity contribution < 1.29 is 22.6 Å². The number of benzene rings is 2. The van der Waals surface area contributed by atoms with Crippen molar-refractivity contribution in [1.82, 2.24) is 0 Å². The lowest BCUT2D eigenvalue weighted by Gasteiger charge is -2.14. The van der Waals surface area contributed by atoms with Crippen LogP contribution in [-0.4, -0.2) is 6.36 Å². The molecule has 0 aliphatic heterocycles. The molecular weight excluding hydrogens is 353 g/mol. The lowest BCUT2D eigenvalue weighted by atomic mass is 10.0. The molecule has 0 unspecified atom stereocenters. The van der Waals surface area contributed by atoms with Gasteiger partial charge in [0.05, 0.1) is 5.02 Å². The normalized spacial score (nSPS) is 14.0. The molecule has 0 spiro atoms. The van der Waals surface area contributed by atoms with E-state index in [-0.39, 0.29) is 12.4 Å². The monoisotopic (exact) mass is 366 g/mol. The summed E-state index contributed by atoms with van der Waals surface area (Å²) in [7, 11) is 0. The average Bonchev–Trinajstić information content (AvgIpc) is 3.36. The summed E-state index contributed by atoms with van der Waals surface area (Å²) < 4.78 is 47.0. The minimum absolute atomic E-state index is 0.118. The summed E-state index contributed by atoms with van der Waals surface area (Å²) in [6.07, 6.45) is 2.63. The van der Waals surface area contributed by atoms with Crippen LogP contribution in [-0.2, 0) is 6.61 Å². The first kappa shape index (κ1) is 17.5. The van der Waals surface area contributed by atoms with E-state index in [4.69, 9.17) is 22.8 Å². The van der Waals surface area contributed by atoms with Gasteiger partial charge in [-0.2, -0.15) is 0 Å². The second-order valence-corrected chi connectivity index (χ2v) is 6.16. The largest absolute Gasteiger partial charge is 0.573 e. The van der Waals surface area contributed by atoms with Crippen molar-refractivity contribution in [1.29, 1.82) is 0 Å². The van der Waals surface area contributed by atoms with Crippen LogP contribution in [0.5, 0.6) is 11.5 Å². The number of alkyl halides is 3. The molecule has 25 heavy (non-hydrogen) atoms. The molecule has 0 aromatic heterocycles. The van der Waals surface area contributed by atoms with Crippen LogP contribution in [0.1, 0.15) is 35.4 Å². The van der Waals surface area contributed by atoms with Crippen LogP contribution in [0.15, 0.2) is 36.4 Å². The van der Waals surface area contributed by atoms with Gasteiger partial charge in [-0.05, 0) is 54.2 Å². The predicted octanol–water partition coefficient (Wildman–Crippen LogP) is 5.68. The van der Waals surface area contributed by atoms with E-state index in [0.717, 1.165) is 18.4 Å². The van der Waals surface area contributed by atoms with E-state index in [9.17, 15) is 13.2 Å². The third-order valence-corrected chi connectivity index (χ3v) is 4.17. The number of ether oxygens (including phenoxy) is 2. The number of hydrogen-bond acceptors (Lipinski definition) is 2. The molecule has 0 amide bonds. The molecular formula is C19H14ClF3O2. The maximum Gasteiger partial charge on any atom is 0.573 e. The van der Waals surface area contributed by atoms with Crippen LogP contribution < -0.4 is 9.47 Å². The zero-order valence-electron chi connectivity index (χ0n) is 13.1. The number of rotatable bonds is 5. The van der Waals surface area contributed by atoms with Crippen LogP contribution in [0.3, 0.4) is 0 Å². The quantitative estimate of drug-likeness (QED) is 0.634. The maximum absolute atomic E-state index is 12.4. The highest BCUT2D eigenvalue weighted by atomic mass is 35.5. The van der Waals surface area contributed by atoms with E-state index >= 15 is 0 Å². The summed E-state index contributed by atoms with van der Waals surface area (Å²) in [6.45, 7) is 0.118. The van der Waals surface area contributed by atoms with Crippen molar-refractivity contribution in [2.75, 3.05) is 0 Å². The summed E-state index contributed by atoms with van der Waals surface area (Å²) in [6, 6.07) is 9.30. The molecule has 1 aliphatic carbocycles. The average molecular weight is 367 g/mol. The van der Waals surface area contributed by atoms with E-state index in [2.05, 4.69) is 10.7 Å². The molecule has 130 valence electrons. The van der Waals surface area contributed by atoms with Crippen LogP contribution >= 0.6 is 11.6 Å². The van der Waals surface area contributed by atoms with Crippen molar-refractivity contribution in [2.45, 2.75) is 31.7 Å². The van der Waals surface area contributed by atoms with Crippen molar-refractivity contribution in [3.05, 3.63) is 58.1 Å². The van der Waals surface area contributed by atoms with Gasteiger partial charge in [0.1, 0.15) is 18.1 Å². The van der Waals surface area contributed by atoms with Gasteiger partial charge >= 0.3 is 6.36 Å². The lowest BCUT2D eigenvalue weighted by Crippen LogP contribution is -2.17. The molecule has 3 rings (SSSR count). The Hall–Kier alpha value is -2.32. The SMILES string of the molecule is C#Cc1ccc(OCc2cc(OC(F)(F)F)ccc2C2CC2)cc1Cl. The van der Waals surface area contributed by atoms with E-state index in [1.165, 1.54) is 12.1 Å². The molecule has 1 saturated carbocycles. The van der Waals surface area contributed by atoms with E-state index in [1.54, 1.807) is 24.3 Å². The van der Waals surface area contributed by atoms with Gasteiger partial charge in [0, 0.05) is 11.6 Å². The second-order valence-electron chi connectivity index (χ2n) is 5.76. The van der Waals surface area contributed by atoms with Crippen LogP contribution in [0, 0.1) is 12.3 Å². The molecule has 1 fully saturated rings. The van der Waals surface area contributed by atoms with Gasteiger partial charge in [0.2, 0.25) is 0 Å². The molecule has 2 aromatic carbocycles. The van der Waals surface area contributed by atoms with Crippen molar-refractivity contribution in [2.24, 2.45) is 0 Å². The molecule has 0 bridgehead atoms. The van der Waals surface area contributed by atoms with E-state index < -0.39 is 6.36 Å². The Morgan fingerprint density at radius 1 is 1.12 bits per heavy atom. The van der Waals surface area contributed by atoms with Gasteiger partial charge in [-0.25, -0.2) is 0 Å². The van der Waals surface area contributed by atoms with Gasteiger partial charge in [-0.3, -0.25) is 0 Å². The first-order valence-corrected chi connectivity index (χ1v) is 8.01.